The monoisotopic (exact) mass is 212 g/mol. The molecule has 0 aliphatic carbocycles. The second kappa shape index (κ2) is 3.25. The summed E-state index contributed by atoms with van der Waals surface area (Å²) in [7, 11) is -3.30. The van der Waals surface area contributed by atoms with Crippen LogP contribution in [-0.2, 0) is 16.8 Å². The smallest absolute Gasteiger partial charge is 0.258 e. The second-order valence-electron chi connectivity index (χ2n) is 3.12. The molecule has 0 spiro atoms. The number of nitrogens with zero attached hydrogens (tertiary/aromatic N) is 1. The quantitative estimate of drug-likeness (QED) is 0.750. The third kappa shape index (κ3) is 1.38. The van der Waals surface area contributed by atoms with Crippen LogP contribution in [0.25, 0.3) is 0 Å². The van der Waals surface area contributed by atoms with Crippen molar-refractivity contribution in [1.29, 1.82) is 0 Å². The summed E-state index contributed by atoms with van der Waals surface area (Å²) in [5, 5.41) is 0. The van der Waals surface area contributed by atoms with Crippen LogP contribution in [0.5, 0.6) is 0 Å². The molecular weight excluding hydrogens is 200 g/mol. The van der Waals surface area contributed by atoms with Crippen molar-refractivity contribution in [1.82, 2.24) is 4.72 Å². The van der Waals surface area contributed by atoms with E-state index in [0.29, 0.717) is 13.1 Å². The number of hydrogen-bond acceptors (Lipinski definition) is 2. The molecule has 14 heavy (non-hydrogen) atoms. The Bertz CT molecular complexity index is 442. The van der Waals surface area contributed by atoms with Crippen molar-refractivity contribution in [2.45, 2.75) is 13.5 Å². The van der Waals surface area contributed by atoms with Gasteiger partial charge in [-0.3, -0.25) is 4.31 Å². The summed E-state index contributed by atoms with van der Waals surface area (Å²) in [6, 6.07) is 7.52. The number of para-hydroxylation sites is 1. The molecule has 5 heteroatoms. The zero-order valence-electron chi connectivity index (χ0n) is 7.90. The minimum atomic E-state index is -3.30. The second-order valence-corrected chi connectivity index (χ2v) is 4.80. The lowest BCUT2D eigenvalue weighted by atomic mass is 10.2. The maximum absolute atomic E-state index is 11.6. The molecule has 0 aromatic heterocycles. The van der Waals surface area contributed by atoms with Gasteiger partial charge in [0.25, 0.3) is 0 Å². The van der Waals surface area contributed by atoms with E-state index >= 15 is 0 Å². The van der Waals surface area contributed by atoms with Crippen molar-refractivity contribution in [3.8, 4) is 0 Å². The lowest BCUT2D eigenvalue weighted by molar-refractivity contribution is 0.572. The predicted octanol–water partition coefficient (Wildman–Crippen LogP) is 0.861. The van der Waals surface area contributed by atoms with Gasteiger partial charge in [0.15, 0.2) is 0 Å². The van der Waals surface area contributed by atoms with Crippen LogP contribution in [0.15, 0.2) is 24.3 Å². The van der Waals surface area contributed by atoms with Crippen molar-refractivity contribution in [2.75, 3.05) is 10.8 Å². The van der Waals surface area contributed by atoms with E-state index in [4.69, 9.17) is 0 Å². The van der Waals surface area contributed by atoms with E-state index in [1.807, 2.05) is 31.2 Å². The average molecular weight is 212 g/mol. The number of fused-ring (bicyclic) bond motifs is 1. The fraction of sp³-hybridized carbons (Fsp3) is 0.333. The Morgan fingerprint density at radius 2 is 2.14 bits per heavy atom. The molecule has 4 nitrogen and oxygen atoms in total. The van der Waals surface area contributed by atoms with E-state index < -0.39 is 10.2 Å². The highest BCUT2D eigenvalue weighted by Crippen LogP contribution is 2.26. The Morgan fingerprint density at radius 3 is 2.86 bits per heavy atom. The number of nitrogens with one attached hydrogen (secondary N) is 1. The molecule has 1 aromatic rings. The number of rotatable bonds is 1. The highest BCUT2D eigenvalue weighted by atomic mass is 32.2. The first-order chi connectivity index (χ1) is 6.65. The van der Waals surface area contributed by atoms with Gasteiger partial charge in [-0.15, -0.1) is 0 Å². The summed E-state index contributed by atoms with van der Waals surface area (Å²) >= 11 is 0. The first-order valence-electron chi connectivity index (χ1n) is 4.50. The number of benzene rings is 1. The highest BCUT2D eigenvalue weighted by molar-refractivity contribution is 7.90. The van der Waals surface area contributed by atoms with Crippen LogP contribution in [0.4, 0.5) is 5.69 Å². The normalized spacial score (nSPS) is 19.1. The topological polar surface area (TPSA) is 49.4 Å². The van der Waals surface area contributed by atoms with Crippen molar-refractivity contribution in [3.63, 3.8) is 0 Å². The lowest BCUT2D eigenvalue weighted by Crippen LogP contribution is -2.44. The molecule has 0 amide bonds. The van der Waals surface area contributed by atoms with Gasteiger partial charge < -0.3 is 0 Å². The standard InChI is InChI=1S/C9H12N2O2S/c1-2-11-9-6-4-3-5-8(9)7-10-14(11,12)13/h3-6,10H,2,7H2,1H3. The van der Waals surface area contributed by atoms with Crippen LogP contribution in [-0.4, -0.2) is 15.0 Å². The summed E-state index contributed by atoms with van der Waals surface area (Å²) < 4.78 is 27.1. The largest absolute Gasteiger partial charge is 0.301 e. The minimum Gasteiger partial charge on any atom is -0.258 e. The van der Waals surface area contributed by atoms with E-state index in [2.05, 4.69) is 4.72 Å². The van der Waals surface area contributed by atoms with Gasteiger partial charge in [-0.25, -0.2) is 0 Å². The molecule has 0 bridgehead atoms. The maximum Gasteiger partial charge on any atom is 0.301 e. The first kappa shape index (κ1) is 9.48. The summed E-state index contributed by atoms with van der Waals surface area (Å²) in [6.45, 7) is 2.66. The Hall–Kier alpha value is -1.07. The van der Waals surface area contributed by atoms with Gasteiger partial charge in [-0.05, 0) is 18.6 Å². The van der Waals surface area contributed by atoms with Crippen molar-refractivity contribution in [2.24, 2.45) is 0 Å². The van der Waals surface area contributed by atoms with Gasteiger partial charge in [0, 0.05) is 13.1 Å². The molecule has 2 rings (SSSR count). The zero-order chi connectivity index (χ0) is 10.2. The summed E-state index contributed by atoms with van der Waals surface area (Å²) in [5.41, 5.74) is 1.80. The Morgan fingerprint density at radius 1 is 1.43 bits per heavy atom. The Balaban J connectivity index is 2.56. The average Bonchev–Trinajstić information content (AvgIpc) is 2.17. The molecule has 0 unspecified atom stereocenters. The fourth-order valence-electron chi connectivity index (χ4n) is 1.62. The molecule has 0 saturated heterocycles. The number of anilines is 1. The maximum atomic E-state index is 11.6. The predicted molar refractivity (Wildman–Crippen MR) is 55.2 cm³/mol. The molecule has 0 radical (unpaired) electrons. The third-order valence-electron chi connectivity index (χ3n) is 2.28. The van der Waals surface area contributed by atoms with E-state index in [1.54, 1.807) is 0 Å². The zero-order valence-corrected chi connectivity index (χ0v) is 8.71. The summed E-state index contributed by atoms with van der Waals surface area (Å²) in [5.74, 6) is 0. The minimum absolute atomic E-state index is 0.384. The van der Waals surface area contributed by atoms with Gasteiger partial charge in [0.05, 0.1) is 5.69 Å². The van der Waals surface area contributed by atoms with Crippen molar-refractivity contribution < 1.29 is 8.42 Å². The molecule has 1 N–H and O–H groups in total. The first-order valence-corrected chi connectivity index (χ1v) is 5.94. The van der Waals surface area contributed by atoms with Crippen molar-refractivity contribution >= 4 is 15.9 Å². The van der Waals surface area contributed by atoms with Gasteiger partial charge >= 0.3 is 10.2 Å². The van der Waals surface area contributed by atoms with Crippen LogP contribution in [0.1, 0.15) is 12.5 Å². The van der Waals surface area contributed by atoms with Crippen molar-refractivity contribution in [3.05, 3.63) is 29.8 Å². The van der Waals surface area contributed by atoms with Crippen LogP contribution in [0.2, 0.25) is 0 Å². The van der Waals surface area contributed by atoms with E-state index in [9.17, 15) is 8.42 Å². The molecular formula is C9H12N2O2S. The molecule has 1 heterocycles. The van der Waals surface area contributed by atoms with Gasteiger partial charge in [0.1, 0.15) is 0 Å². The highest BCUT2D eigenvalue weighted by Gasteiger charge is 2.26. The Labute approximate surface area is 83.7 Å². The van der Waals surface area contributed by atoms with Gasteiger partial charge in [-0.2, -0.15) is 13.1 Å². The lowest BCUT2D eigenvalue weighted by Gasteiger charge is -2.29. The van der Waals surface area contributed by atoms with Crippen LogP contribution >= 0.6 is 0 Å². The molecule has 0 atom stereocenters. The Kier molecular flexibility index (Phi) is 2.20. The molecule has 1 aromatic carbocycles. The fourth-order valence-corrected chi connectivity index (χ4v) is 2.89. The molecule has 0 fully saturated rings. The number of hydrogen-bond donors (Lipinski definition) is 1. The summed E-state index contributed by atoms with van der Waals surface area (Å²) in [4.78, 5) is 0. The molecule has 1 aliphatic rings. The third-order valence-corrected chi connectivity index (χ3v) is 3.83. The SMILES string of the molecule is CCN1c2ccccc2CNS1(=O)=O. The van der Waals surface area contributed by atoms with Gasteiger partial charge in [-0.1, -0.05) is 18.2 Å². The molecule has 76 valence electrons. The molecule has 1 aliphatic heterocycles. The van der Waals surface area contributed by atoms with E-state index in [-0.39, 0.29) is 0 Å². The van der Waals surface area contributed by atoms with E-state index in [0.717, 1.165) is 11.3 Å². The van der Waals surface area contributed by atoms with Crippen LogP contribution in [0, 0.1) is 0 Å². The van der Waals surface area contributed by atoms with Gasteiger partial charge in [0.2, 0.25) is 0 Å². The summed E-state index contributed by atoms with van der Waals surface area (Å²) in [6.07, 6.45) is 0. The van der Waals surface area contributed by atoms with Crippen LogP contribution < -0.4 is 9.03 Å². The van der Waals surface area contributed by atoms with Crippen LogP contribution in [0.3, 0.4) is 0 Å². The molecule has 0 saturated carbocycles. The van der Waals surface area contributed by atoms with E-state index in [1.165, 1.54) is 4.31 Å².